The molecule has 0 unspecified atom stereocenters. The highest BCUT2D eigenvalue weighted by molar-refractivity contribution is 5.99. The zero-order valence-corrected chi connectivity index (χ0v) is 14.8. The Morgan fingerprint density at radius 3 is 2.50 bits per heavy atom. The monoisotopic (exact) mass is 358 g/mol. The lowest BCUT2D eigenvalue weighted by Crippen LogP contribution is -2.40. The molecule has 7 heteroatoms. The molecule has 0 spiro atoms. The topological polar surface area (TPSA) is 99.9 Å². The van der Waals surface area contributed by atoms with Gasteiger partial charge in [-0.1, -0.05) is 30.3 Å². The van der Waals surface area contributed by atoms with Crippen molar-refractivity contribution in [2.75, 3.05) is 13.1 Å². The molecule has 0 aliphatic carbocycles. The second kappa shape index (κ2) is 8.84. The van der Waals surface area contributed by atoms with Crippen molar-refractivity contribution in [3.8, 4) is 0 Å². The summed E-state index contributed by atoms with van der Waals surface area (Å²) in [5.41, 5.74) is 1.71. The minimum atomic E-state index is -1.09. The fraction of sp³-hybridized carbons (Fsp3) is 0.316. The fourth-order valence-electron chi connectivity index (χ4n) is 2.61. The minimum absolute atomic E-state index is 0.0802. The van der Waals surface area contributed by atoms with E-state index in [9.17, 15) is 14.4 Å². The number of carbonyl (C=O) groups excluding carboxylic acids is 2. The summed E-state index contributed by atoms with van der Waals surface area (Å²) in [6.07, 6.45) is 0.947. The molecule has 0 atom stereocenters. The first-order chi connectivity index (χ1) is 12.4. The van der Waals surface area contributed by atoms with Crippen molar-refractivity contribution in [3.05, 3.63) is 59.0 Å². The van der Waals surface area contributed by atoms with Crippen LogP contribution in [-0.4, -0.2) is 40.9 Å². The van der Waals surface area contributed by atoms with E-state index in [1.807, 2.05) is 37.3 Å². The van der Waals surface area contributed by atoms with E-state index in [4.69, 9.17) is 9.52 Å². The van der Waals surface area contributed by atoms with Gasteiger partial charge in [-0.25, -0.2) is 0 Å². The van der Waals surface area contributed by atoms with Crippen LogP contribution in [0.2, 0.25) is 0 Å². The first-order valence-electron chi connectivity index (χ1n) is 8.31. The number of rotatable bonds is 8. The van der Waals surface area contributed by atoms with Gasteiger partial charge in [0.1, 0.15) is 12.2 Å². The number of amides is 2. The molecule has 0 fully saturated rings. The predicted octanol–water partition coefficient (Wildman–Crippen LogP) is 1.99. The van der Waals surface area contributed by atoms with Crippen LogP contribution in [0.5, 0.6) is 0 Å². The van der Waals surface area contributed by atoms with Crippen molar-refractivity contribution >= 4 is 17.8 Å². The second-order valence-electron chi connectivity index (χ2n) is 5.86. The Labute approximate surface area is 151 Å². The molecule has 0 saturated carbocycles. The third kappa shape index (κ3) is 4.95. The molecule has 1 aromatic carbocycles. The first-order valence-corrected chi connectivity index (χ1v) is 8.31. The fourth-order valence-corrected chi connectivity index (χ4v) is 2.61. The van der Waals surface area contributed by atoms with Gasteiger partial charge in [-0.3, -0.25) is 14.4 Å². The minimum Gasteiger partial charge on any atom is -0.481 e. The maximum absolute atomic E-state index is 12.4. The van der Waals surface area contributed by atoms with Gasteiger partial charge in [0, 0.05) is 18.7 Å². The van der Waals surface area contributed by atoms with Gasteiger partial charge in [-0.15, -0.1) is 0 Å². The van der Waals surface area contributed by atoms with E-state index in [1.54, 1.807) is 11.8 Å². The molecule has 2 amide bonds. The molecule has 0 bridgehead atoms. The van der Waals surface area contributed by atoms with Crippen molar-refractivity contribution < 1.29 is 23.9 Å². The van der Waals surface area contributed by atoms with E-state index >= 15 is 0 Å². The van der Waals surface area contributed by atoms with Crippen LogP contribution >= 0.6 is 0 Å². The van der Waals surface area contributed by atoms with Gasteiger partial charge in [0.15, 0.2) is 0 Å². The van der Waals surface area contributed by atoms with Crippen LogP contribution in [0.3, 0.4) is 0 Å². The van der Waals surface area contributed by atoms with Crippen LogP contribution in [0, 0.1) is 6.92 Å². The molecule has 0 aliphatic rings. The molecule has 138 valence electrons. The summed E-state index contributed by atoms with van der Waals surface area (Å²) in [7, 11) is 0. The predicted molar refractivity (Wildman–Crippen MR) is 94.7 cm³/mol. The van der Waals surface area contributed by atoms with Crippen molar-refractivity contribution in [1.29, 1.82) is 0 Å². The SMILES string of the molecule is CCN(Cc1ccccc1)C(=O)CNC(=O)c1c(C)coc1CC(=O)O. The van der Waals surface area contributed by atoms with Crippen molar-refractivity contribution in [2.45, 2.75) is 26.8 Å². The number of likely N-dealkylation sites (N-methyl/N-ethyl adjacent to an activating group) is 1. The van der Waals surface area contributed by atoms with E-state index in [-0.39, 0.29) is 30.2 Å². The van der Waals surface area contributed by atoms with Gasteiger partial charge >= 0.3 is 5.97 Å². The highest BCUT2D eigenvalue weighted by Crippen LogP contribution is 2.17. The maximum atomic E-state index is 12.4. The molecule has 1 aromatic heterocycles. The Kier molecular flexibility index (Phi) is 6.54. The summed E-state index contributed by atoms with van der Waals surface area (Å²) in [6.45, 7) is 4.32. The van der Waals surface area contributed by atoms with Crippen molar-refractivity contribution in [1.82, 2.24) is 10.2 Å². The Morgan fingerprint density at radius 2 is 1.88 bits per heavy atom. The summed E-state index contributed by atoms with van der Waals surface area (Å²) in [6, 6.07) is 9.58. The third-order valence-corrected chi connectivity index (χ3v) is 3.94. The van der Waals surface area contributed by atoms with E-state index < -0.39 is 11.9 Å². The zero-order chi connectivity index (χ0) is 19.1. The van der Waals surface area contributed by atoms with Crippen LogP contribution in [0.4, 0.5) is 0 Å². The number of nitrogens with zero attached hydrogens (tertiary/aromatic N) is 1. The summed E-state index contributed by atoms with van der Waals surface area (Å²) < 4.78 is 5.14. The number of hydrogen-bond donors (Lipinski definition) is 2. The van der Waals surface area contributed by atoms with Crippen LogP contribution in [-0.2, 0) is 22.6 Å². The average Bonchev–Trinajstić information content (AvgIpc) is 2.97. The van der Waals surface area contributed by atoms with Crippen molar-refractivity contribution in [2.24, 2.45) is 0 Å². The molecule has 26 heavy (non-hydrogen) atoms. The number of carboxylic acids is 1. The van der Waals surface area contributed by atoms with Crippen molar-refractivity contribution in [3.63, 3.8) is 0 Å². The molecule has 2 N–H and O–H groups in total. The summed E-state index contributed by atoms with van der Waals surface area (Å²) in [4.78, 5) is 37.3. The van der Waals surface area contributed by atoms with Gasteiger partial charge in [0.05, 0.1) is 18.4 Å². The molecule has 2 aromatic rings. The Hall–Kier alpha value is -3.09. The van der Waals surface area contributed by atoms with E-state index in [2.05, 4.69) is 5.32 Å². The zero-order valence-electron chi connectivity index (χ0n) is 14.8. The first kappa shape index (κ1) is 19.2. The molecule has 0 radical (unpaired) electrons. The third-order valence-electron chi connectivity index (χ3n) is 3.94. The van der Waals surface area contributed by atoms with Gasteiger partial charge in [0.2, 0.25) is 5.91 Å². The number of furan rings is 1. The maximum Gasteiger partial charge on any atom is 0.311 e. The molecule has 0 aliphatic heterocycles. The number of benzene rings is 1. The number of carboxylic acid groups (broad SMARTS) is 1. The van der Waals surface area contributed by atoms with Crippen LogP contribution in [0.1, 0.15) is 34.2 Å². The molecule has 0 saturated heterocycles. The standard InChI is InChI=1S/C19H22N2O5/c1-3-21(11-14-7-5-4-6-8-14)16(22)10-20-19(25)18-13(2)12-26-15(18)9-17(23)24/h4-8,12H,3,9-11H2,1-2H3,(H,20,25)(H,23,24). The van der Waals surface area contributed by atoms with E-state index in [0.29, 0.717) is 18.7 Å². The molecular weight excluding hydrogens is 336 g/mol. The smallest absolute Gasteiger partial charge is 0.311 e. The Balaban J connectivity index is 1.99. The molecule has 1 heterocycles. The van der Waals surface area contributed by atoms with Gasteiger partial charge in [-0.2, -0.15) is 0 Å². The lowest BCUT2D eigenvalue weighted by Gasteiger charge is -2.21. The lowest BCUT2D eigenvalue weighted by atomic mass is 10.1. The van der Waals surface area contributed by atoms with Gasteiger partial charge in [-0.05, 0) is 19.4 Å². The summed E-state index contributed by atoms with van der Waals surface area (Å²) in [5, 5.41) is 11.4. The molecule has 2 rings (SSSR count). The second-order valence-corrected chi connectivity index (χ2v) is 5.86. The Morgan fingerprint density at radius 1 is 1.19 bits per heavy atom. The number of aliphatic carboxylic acids is 1. The van der Waals surface area contributed by atoms with Crippen LogP contribution in [0.15, 0.2) is 41.0 Å². The van der Waals surface area contributed by atoms with Gasteiger partial charge in [0.25, 0.3) is 5.91 Å². The van der Waals surface area contributed by atoms with Crippen LogP contribution < -0.4 is 5.32 Å². The largest absolute Gasteiger partial charge is 0.481 e. The number of hydrogen-bond acceptors (Lipinski definition) is 4. The van der Waals surface area contributed by atoms with E-state index in [0.717, 1.165) is 5.56 Å². The highest BCUT2D eigenvalue weighted by Gasteiger charge is 2.21. The van der Waals surface area contributed by atoms with Gasteiger partial charge < -0.3 is 19.7 Å². The molecule has 7 nitrogen and oxygen atoms in total. The quantitative estimate of drug-likeness (QED) is 0.752. The number of nitrogens with one attached hydrogen (secondary N) is 1. The number of carbonyl (C=O) groups is 3. The summed E-state index contributed by atoms with van der Waals surface area (Å²) >= 11 is 0. The lowest BCUT2D eigenvalue weighted by molar-refractivity contribution is -0.136. The molecular formula is C19H22N2O5. The summed E-state index contributed by atoms with van der Waals surface area (Å²) in [5.74, 6) is -1.75. The van der Waals surface area contributed by atoms with E-state index in [1.165, 1.54) is 6.26 Å². The van der Waals surface area contributed by atoms with Crippen LogP contribution in [0.25, 0.3) is 0 Å². The number of aryl methyl sites for hydroxylation is 1. The Bertz CT molecular complexity index is 782. The average molecular weight is 358 g/mol. The normalized spacial score (nSPS) is 10.4. The highest BCUT2D eigenvalue weighted by atomic mass is 16.4.